The Morgan fingerprint density at radius 1 is 1.08 bits per heavy atom. The molecule has 1 aliphatic carbocycles. The first-order chi connectivity index (χ1) is 11.3. The molecule has 1 saturated carbocycles. The van der Waals surface area contributed by atoms with Gasteiger partial charge < -0.3 is 9.84 Å². The second-order valence-electron chi connectivity index (χ2n) is 8.24. The molecule has 1 fully saturated rings. The largest absolute Gasteiger partial charge is 0.481 e. The van der Waals surface area contributed by atoms with Gasteiger partial charge in [-0.3, -0.25) is 9.59 Å². The van der Waals surface area contributed by atoms with Crippen molar-refractivity contribution in [1.29, 1.82) is 0 Å². The molecular formula is C20H36O4. The molecule has 0 heterocycles. The number of rotatable bonds is 9. The van der Waals surface area contributed by atoms with E-state index in [4.69, 9.17) is 4.74 Å². The fraction of sp³-hybridized carbons (Fsp3) is 0.900. The molecule has 0 aromatic rings. The number of hydrogen-bond donors (Lipinski definition) is 1. The Morgan fingerprint density at radius 3 is 2.08 bits per heavy atom. The van der Waals surface area contributed by atoms with Crippen LogP contribution >= 0.6 is 0 Å². The Kier molecular flexibility index (Phi) is 8.24. The zero-order valence-corrected chi connectivity index (χ0v) is 16.1. The van der Waals surface area contributed by atoms with Crippen molar-refractivity contribution in [1.82, 2.24) is 0 Å². The van der Waals surface area contributed by atoms with Gasteiger partial charge in [-0.05, 0) is 43.4 Å². The van der Waals surface area contributed by atoms with Crippen molar-refractivity contribution in [2.45, 2.75) is 79.6 Å². The average Bonchev–Trinajstić information content (AvgIpc) is 2.53. The Morgan fingerprint density at radius 2 is 1.67 bits per heavy atom. The van der Waals surface area contributed by atoms with Crippen LogP contribution in [0.5, 0.6) is 0 Å². The maximum atomic E-state index is 13.1. The minimum Gasteiger partial charge on any atom is -0.481 e. The fourth-order valence-electron chi connectivity index (χ4n) is 4.27. The summed E-state index contributed by atoms with van der Waals surface area (Å²) >= 11 is 0. The topological polar surface area (TPSA) is 63.6 Å². The summed E-state index contributed by atoms with van der Waals surface area (Å²) in [6.07, 6.45) is 6.28. The van der Waals surface area contributed by atoms with Crippen LogP contribution in [0.3, 0.4) is 0 Å². The monoisotopic (exact) mass is 340 g/mol. The lowest BCUT2D eigenvalue weighted by Crippen LogP contribution is -2.50. The van der Waals surface area contributed by atoms with Gasteiger partial charge in [0.1, 0.15) is 0 Å². The zero-order valence-electron chi connectivity index (χ0n) is 16.1. The average molecular weight is 341 g/mol. The first kappa shape index (κ1) is 21.0. The van der Waals surface area contributed by atoms with E-state index in [9.17, 15) is 14.7 Å². The van der Waals surface area contributed by atoms with Crippen LogP contribution in [0.15, 0.2) is 0 Å². The number of ether oxygens (including phenoxy) is 1. The summed E-state index contributed by atoms with van der Waals surface area (Å²) in [6, 6.07) is 0. The van der Waals surface area contributed by atoms with Gasteiger partial charge in [0.05, 0.1) is 17.9 Å². The van der Waals surface area contributed by atoms with Gasteiger partial charge in [0.25, 0.3) is 0 Å². The normalized spacial score (nSPS) is 20.0. The third-order valence-electron chi connectivity index (χ3n) is 5.47. The lowest BCUT2D eigenvalue weighted by atomic mass is 9.59. The Balaban J connectivity index is 3.23. The van der Waals surface area contributed by atoms with E-state index in [-0.39, 0.29) is 23.7 Å². The van der Waals surface area contributed by atoms with Gasteiger partial charge in [-0.1, -0.05) is 53.9 Å². The predicted molar refractivity (Wildman–Crippen MR) is 95.7 cm³/mol. The molecule has 0 saturated heterocycles. The third-order valence-corrected chi connectivity index (χ3v) is 5.47. The van der Waals surface area contributed by atoms with Gasteiger partial charge in [-0.15, -0.1) is 0 Å². The molecule has 0 spiro atoms. The predicted octanol–water partition coefficient (Wildman–Crippen LogP) is 4.91. The molecule has 1 N–H and O–H groups in total. The van der Waals surface area contributed by atoms with Gasteiger partial charge in [0.2, 0.25) is 0 Å². The molecule has 0 aliphatic heterocycles. The van der Waals surface area contributed by atoms with Gasteiger partial charge in [0.15, 0.2) is 0 Å². The van der Waals surface area contributed by atoms with E-state index in [0.29, 0.717) is 19.4 Å². The van der Waals surface area contributed by atoms with Crippen molar-refractivity contribution in [3.05, 3.63) is 0 Å². The highest BCUT2D eigenvalue weighted by molar-refractivity contribution is 5.85. The van der Waals surface area contributed by atoms with Crippen LogP contribution in [0.1, 0.15) is 79.6 Å². The first-order valence-electron chi connectivity index (χ1n) is 9.65. The molecule has 0 aromatic carbocycles. The highest BCUT2D eigenvalue weighted by Gasteiger charge is 2.54. The summed E-state index contributed by atoms with van der Waals surface area (Å²) in [4.78, 5) is 25.3. The van der Waals surface area contributed by atoms with Crippen molar-refractivity contribution < 1.29 is 19.4 Å². The van der Waals surface area contributed by atoms with Gasteiger partial charge in [-0.2, -0.15) is 0 Å². The number of esters is 1. The molecular weight excluding hydrogens is 304 g/mol. The molecule has 4 nitrogen and oxygen atoms in total. The summed E-state index contributed by atoms with van der Waals surface area (Å²) in [7, 11) is 0. The Labute approximate surface area is 147 Å². The van der Waals surface area contributed by atoms with E-state index < -0.39 is 17.3 Å². The van der Waals surface area contributed by atoms with E-state index in [1.54, 1.807) is 0 Å². The molecule has 140 valence electrons. The number of aliphatic carboxylic acids is 1. The first-order valence-corrected chi connectivity index (χ1v) is 9.65. The van der Waals surface area contributed by atoms with Gasteiger partial charge in [0, 0.05) is 0 Å². The van der Waals surface area contributed by atoms with E-state index in [0.717, 1.165) is 25.7 Å². The molecule has 0 aromatic heterocycles. The molecule has 1 rings (SSSR count). The molecule has 0 radical (unpaired) electrons. The van der Waals surface area contributed by atoms with Crippen LogP contribution in [0.2, 0.25) is 0 Å². The standard InChI is InChI=1S/C20H36O4/c1-6-20(16-10-8-7-9-11-16,19(23)24-13-15(4)5)17(18(21)22)12-14(2)3/h14-17H,6-13H2,1-5H3,(H,21,22). The van der Waals surface area contributed by atoms with Crippen molar-refractivity contribution in [2.24, 2.45) is 29.1 Å². The van der Waals surface area contributed by atoms with Crippen LogP contribution in [-0.4, -0.2) is 23.7 Å². The van der Waals surface area contributed by atoms with Crippen LogP contribution in [0.25, 0.3) is 0 Å². The summed E-state index contributed by atoms with van der Waals surface area (Å²) in [5.74, 6) is -1.18. The fourth-order valence-corrected chi connectivity index (χ4v) is 4.27. The molecule has 0 bridgehead atoms. The minimum absolute atomic E-state index is 0.121. The number of carbonyl (C=O) groups excluding carboxylic acids is 1. The summed E-state index contributed by atoms with van der Waals surface area (Å²) in [5.41, 5.74) is -0.884. The Hall–Kier alpha value is -1.06. The maximum absolute atomic E-state index is 13.1. The second-order valence-corrected chi connectivity index (χ2v) is 8.24. The van der Waals surface area contributed by atoms with Crippen LogP contribution in [-0.2, 0) is 14.3 Å². The Bertz CT molecular complexity index is 410. The maximum Gasteiger partial charge on any atom is 0.313 e. The van der Waals surface area contributed by atoms with E-state index in [2.05, 4.69) is 0 Å². The number of carboxylic acids is 1. The van der Waals surface area contributed by atoms with Crippen LogP contribution in [0.4, 0.5) is 0 Å². The van der Waals surface area contributed by atoms with E-state index >= 15 is 0 Å². The van der Waals surface area contributed by atoms with Crippen molar-refractivity contribution in [2.75, 3.05) is 6.61 Å². The van der Waals surface area contributed by atoms with E-state index in [1.165, 1.54) is 6.42 Å². The number of hydrogen-bond acceptors (Lipinski definition) is 3. The van der Waals surface area contributed by atoms with E-state index in [1.807, 2.05) is 34.6 Å². The molecule has 1 aliphatic rings. The highest BCUT2D eigenvalue weighted by atomic mass is 16.5. The molecule has 4 heteroatoms. The molecule has 2 unspecified atom stereocenters. The third kappa shape index (κ3) is 4.97. The molecule has 0 amide bonds. The van der Waals surface area contributed by atoms with Crippen molar-refractivity contribution in [3.8, 4) is 0 Å². The van der Waals surface area contributed by atoms with Crippen LogP contribution in [0, 0.1) is 29.1 Å². The summed E-state index contributed by atoms with van der Waals surface area (Å²) in [6.45, 7) is 10.4. The second kappa shape index (κ2) is 9.43. The molecule has 24 heavy (non-hydrogen) atoms. The highest BCUT2D eigenvalue weighted by Crippen LogP contribution is 2.49. The lowest BCUT2D eigenvalue weighted by Gasteiger charge is -2.44. The minimum atomic E-state index is -0.884. The SMILES string of the molecule is CCC(C(=O)OCC(C)C)(C1CCCCC1)C(CC(C)C)C(=O)O. The van der Waals surface area contributed by atoms with Crippen LogP contribution < -0.4 is 0 Å². The lowest BCUT2D eigenvalue weighted by molar-refractivity contribution is -0.176. The quantitative estimate of drug-likeness (QED) is 0.606. The van der Waals surface area contributed by atoms with Crippen molar-refractivity contribution in [3.63, 3.8) is 0 Å². The summed E-state index contributed by atoms with van der Waals surface area (Å²) in [5, 5.41) is 9.94. The number of carboxylic acid groups (broad SMARTS) is 1. The molecule has 2 atom stereocenters. The smallest absolute Gasteiger partial charge is 0.313 e. The van der Waals surface area contributed by atoms with Gasteiger partial charge >= 0.3 is 11.9 Å². The zero-order chi connectivity index (χ0) is 18.3. The number of carbonyl (C=O) groups is 2. The van der Waals surface area contributed by atoms with Gasteiger partial charge in [-0.25, -0.2) is 0 Å². The van der Waals surface area contributed by atoms with Crippen molar-refractivity contribution >= 4 is 11.9 Å². The summed E-state index contributed by atoms with van der Waals surface area (Å²) < 4.78 is 5.62.